The molecule has 2 saturated heterocycles. The summed E-state index contributed by atoms with van der Waals surface area (Å²) >= 11 is 0. The Balaban J connectivity index is 1.93. The average molecular weight is 880 g/mol. The number of rotatable bonds is 33. The maximum Gasteiger partial charge on any atom is 0.220 e. The van der Waals surface area contributed by atoms with Crippen LogP contribution >= 0.6 is 0 Å². The van der Waals surface area contributed by atoms with Gasteiger partial charge < -0.3 is 65.1 Å². The first-order valence-electron chi connectivity index (χ1n) is 23.2. The van der Waals surface area contributed by atoms with Gasteiger partial charge in [-0.15, -0.1) is 0 Å². The van der Waals surface area contributed by atoms with E-state index in [0.29, 0.717) is 12.8 Å². The van der Waals surface area contributed by atoms with Crippen LogP contribution in [0.25, 0.3) is 0 Å². The summed E-state index contributed by atoms with van der Waals surface area (Å²) < 4.78 is 22.6. The molecule has 2 rings (SSSR count). The highest BCUT2D eigenvalue weighted by atomic mass is 16.7. The van der Waals surface area contributed by atoms with Gasteiger partial charge in [0.2, 0.25) is 5.91 Å². The summed E-state index contributed by atoms with van der Waals surface area (Å²) in [5.41, 5.74) is 0. The number of hydrogen-bond acceptors (Lipinski definition) is 13. The van der Waals surface area contributed by atoms with E-state index in [0.717, 1.165) is 77.0 Å². The van der Waals surface area contributed by atoms with Gasteiger partial charge in [-0.2, -0.15) is 0 Å². The second kappa shape index (κ2) is 34.8. The van der Waals surface area contributed by atoms with Crippen LogP contribution in [-0.2, 0) is 23.7 Å². The van der Waals surface area contributed by atoms with Crippen LogP contribution in [0.3, 0.4) is 0 Å². The van der Waals surface area contributed by atoms with E-state index in [2.05, 4.69) is 79.9 Å². The van der Waals surface area contributed by atoms with Crippen molar-refractivity contribution in [1.82, 2.24) is 5.32 Å². The molecule has 14 heteroatoms. The fraction of sp³-hybridized carbons (Fsp3) is 0.729. The molecule has 0 radical (unpaired) electrons. The van der Waals surface area contributed by atoms with Gasteiger partial charge in [0.15, 0.2) is 12.6 Å². The summed E-state index contributed by atoms with van der Waals surface area (Å²) in [6.45, 7) is 2.56. The zero-order chi connectivity index (χ0) is 45.4. The van der Waals surface area contributed by atoms with E-state index in [1.54, 1.807) is 6.08 Å². The van der Waals surface area contributed by atoms with E-state index in [1.165, 1.54) is 19.3 Å². The number of allylic oxidation sites excluding steroid dienone is 11. The lowest BCUT2D eigenvalue weighted by atomic mass is 9.97. The van der Waals surface area contributed by atoms with Gasteiger partial charge >= 0.3 is 0 Å². The highest BCUT2D eigenvalue weighted by Gasteiger charge is 2.50. The Kier molecular flexibility index (Phi) is 31.2. The van der Waals surface area contributed by atoms with Gasteiger partial charge in [0, 0.05) is 6.42 Å². The first-order chi connectivity index (χ1) is 30.1. The maximum absolute atomic E-state index is 13.1. The number of carbonyl (C=O) groups excluding carboxylic acids is 1. The molecule has 2 aliphatic rings. The molecule has 0 aliphatic carbocycles. The second-order valence-electron chi connectivity index (χ2n) is 16.1. The summed E-state index contributed by atoms with van der Waals surface area (Å²) in [5, 5.41) is 86.4. The van der Waals surface area contributed by atoms with Crippen molar-refractivity contribution in [3.8, 4) is 0 Å². The summed E-state index contributed by atoms with van der Waals surface area (Å²) in [6, 6.07) is -0.948. The van der Waals surface area contributed by atoms with Gasteiger partial charge in [-0.05, 0) is 77.0 Å². The highest BCUT2D eigenvalue weighted by molar-refractivity contribution is 5.76. The smallest absolute Gasteiger partial charge is 0.220 e. The van der Waals surface area contributed by atoms with Crippen molar-refractivity contribution in [3.05, 3.63) is 72.9 Å². The van der Waals surface area contributed by atoms with E-state index in [-0.39, 0.29) is 18.9 Å². The number of aliphatic hydroxyl groups is 8. The van der Waals surface area contributed by atoms with Gasteiger partial charge in [0.05, 0.1) is 32.0 Å². The molecule has 0 bridgehead atoms. The van der Waals surface area contributed by atoms with E-state index in [9.17, 15) is 45.6 Å². The monoisotopic (exact) mass is 880 g/mol. The van der Waals surface area contributed by atoms with Gasteiger partial charge in [0.1, 0.15) is 48.8 Å². The second-order valence-corrected chi connectivity index (χ2v) is 16.1. The third-order valence-electron chi connectivity index (χ3n) is 10.9. The first kappa shape index (κ1) is 55.6. The Morgan fingerprint density at radius 2 is 1.13 bits per heavy atom. The summed E-state index contributed by atoms with van der Waals surface area (Å²) in [6.07, 6.45) is 25.2. The molecule has 12 unspecified atom stereocenters. The number of amides is 1. The molecule has 356 valence electrons. The minimum atomic E-state index is -1.80. The van der Waals surface area contributed by atoms with E-state index >= 15 is 0 Å². The molecule has 2 fully saturated rings. The minimum Gasteiger partial charge on any atom is -0.394 e. The number of carbonyl (C=O) groups is 1. The Labute approximate surface area is 370 Å². The van der Waals surface area contributed by atoms with Crippen LogP contribution < -0.4 is 5.32 Å². The zero-order valence-electron chi connectivity index (χ0n) is 37.3. The molecular weight excluding hydrogens is 799 g/mol. The molecule has 1 amide bonds. The molecule has 0 aromatic heterocycles. The largest absolute Gasteiger partial charge is 0.394 e. The van der Waals surface area contributed by atoms with Gasteiger partial charge in [-0.25, -0.2) is 0 Å². The Morgan fingerprint density at radius 1 is 0.597 bits per heavy atom. The van der Waals surface area contributed by atoms with Gasteiger partial charge in [-0.1, -0.05) is 119 Å². The van der Waals surface area contributed by atoms with E-state index < -0.39 is 86.8 Å². The van der Waals surface area contributed by atoms with E-state index in [1.807, 2.05) is 6.08 Å². The minimum absolute atomic E-state index is 0.246. The van der Waals surface area contributed by atoms with Crippen LogP contribution in [0, 0.1) is 0 Å². The predicted molar refractivity (Wildman–Crippen MR) is 240 cm³/mol. The summed E-state index contributed by atoms with van der Waals surface area (Å²) in [4.78, 5) is 13.1. The molecule has 0 spiro atoms. The SMILES string of the molecule is CC/C=C\C/C=C\C/C=C\CCCCCCCC(=O)NC(COC1OC(CO)C(OC2OC(CO)C(O)C(O)C2O)C(O)C1O)C(O)/C=C/CC/C=C/CC/C=C/CCCCC. The Morgan fingerprint density at radius 3 is 1.77 bits per heavy atom. The summed E-state index contributed by atoms with van der Waals surface area (Å²) in [5.74, 6) is -0.277. The molecule has 0 aromatic carbocycles. The van der Waals surface area contributed by atoms with Crippen molar-refractivity contribution < 1.29 is 64.6 Å². The van der Waals surface area contributed by atoms with Crippen molar-refractivity contribution in [1.29, 1.82) is 0 Å². The molecular formula is C48H81NO13. The number of nitrogens with one attached hydrogen (secondary N) is 1. The molecule has 14 nitrogen and oxygen atoms in total. The van der Waals surface area contributed by atoms with Crippen molar-refractivity contribution in [2.45, 2.75) is 203 Å². The van der Waals surface area contributed by atoms with Crippen molar-refractivity contribution in [2.75, 3.05) is 19.8 Å². The highest BCUT2D eigenvalue weighted by Crippen LogP contribution is 2.30. The molecule has 0 aromatic rings. The maximum atomic E-state index is 13.1. The summed E-state index contributed by atoms with van der Waals surface area (Å²) in [7, 11) is 0. The number of hydrogen-bond donors (Lipinski definition) is 9. The van der Waals surface area contributed by atoms with Crippen LogP contribution in [0.2, 0.25) is 0 Å². The lowest BCUT2D eigenvalue weighted by molar-refractivity contribution is -0.359. The van der Waals surface area contributed by atoms with Crippen LogP contribution in [0.1, 0.15) is 129 Å². The molecule has 2 heterocycles. The quantitative estimate of drug-likeness (QED) is 0.0317. The number of aliphatic hydroxyl groups excluding tert-OH is 8. The van der Waals surface area contributed by atoms with E-state index in [4.69, 9.17) is 18.9 Å². The first-order valence-corrected chi connectivity index (χ1v) is 23.2. The topological polar surface area (TPSA) is 228 Å². The number of ether oxygens (including phenoxy) is 4. The van der Waals surface area contributed by atoms with Crippen LogP contribution in [0.5, 0.6) is 0 Å². The standard InChI is InChI=1S/C48H81NO13/c1-3-5-7-9-11-13-15-17-18-20-22-24-26-28-30-32-40(53)49-36(37(52)31-29-27-25-23-21-19-16-14-12-10-8-6-4-2)35-59-47-45(58)43(56)46(39(34-51)61-47)62-48-44(57)42(55)41(54)38(33-50)60-48/h5,7,11-14,17-18,21,23,29,31,36-39,41-48,50-52,54-58H,3-4,6,8-10,15-16,19-20,22,24-28,30,32-35H2,1-2H3,(H,49,53)/b7-5-,13-11-,14-12+,18-17-,23-21+,31-29+. The normalized spacial score (nSPS) is 28.4. The average Bonchev–Trinajstić information content (AvgIpc) is 3.27. The zero-order valence-corrected chi connectivity index (χ0v) is 37.3. The third kappa shape index (κ3) is 22.4. The predicted octanol–water partition coefficient (Wildman–Crippen LogP) is 4.87. The fourth-order valence-electron chi connectivity index (χ4n) is 7.04. The Hall–Kier alpha value is -2.57. The van der Waals surface area contributed by atoms with Crippen LogP contribution in [0.15, 0.2) is 72.9 Å². The van der Waals surface area contributed by atoms with Crippen LogP contribution in [-0.4, -0.2) is 140 Å². The molecule has 12 atom stereocenters. The Bertz CT molecular complexity index is 1320. The van der Waals surface area contributed by atoms with Crippen molar-refractivity contribution >= 4 is 5.91 Å². The molecule has 2 aliphatic heterocycles. The lowest BCUT2D eigenvalue weighted by Crippen LogP contribution is -2.65. The van der Waals surface area contributed by atoms with Crippen molar-refractivity contribution in [3.63, 3.8) is 0 Å². The third-order valence-corrected chi connectivity index (χ3v) is 10.9. The molecule has 9 N–H and O–H groups in total. The van der Waals surface area contributed by atoms with Gasteiger partial charge in [-0.3, -0.25) is 4.79 Å². The molecule has 0 saturated carbocycles. The molecule has 62 heavy (non-hydrogen) atoms. The lowest BCUT2D eigenvalue weighted by Gasteiger charge is -2.46. The van der Waals surface area contributed by atoms with Crippen LogP contribution in [0.4, 0.5) is 0 Å². The van der Waals surface area contributed by atoms with Crippen molar-refractivity contribution in [2.24, 2.45) is 0 Å². The number of unbranched alkanes of at least 4 members (excludes halogenated alkanes) is 10. The van der Waals surface area contributed by atoms with Gasteiger partial charge in [0.25, 0.3) is 0 Å². The fourth-order valence-corrected chi connectivity index (χ4v) is 7.04.